The van der Waals surface area contributed by atoms with E-state index in [1.807, 2.05) is 174 Å². The summed E-state index contributed by atoms with van der Waals surface area (Å²) < 4.78 is 1.63. The van der Waals surface area contributed by atoms with Crippen LogP contribution < -0.4 is 28.7 Å². The molecule has 8 rings (SSSR count). The van der Waals surface area contributed by atoms with Crippen molar-refractivity contribution in [2.45, 2.75) is 103 Å². The van der Waals surface area contributed by atoms with Gasteiger partial charge in [-0.05, 0) is 109 Å². The molecule has 0 bridgehead atoms. The second-order valence-electron chi connectivity index (χ2n) is 14.3. The minimum absolute atomic E-state index is 0.00365. The van der Waals surface area contributed by atoms with E-state index >= 15 is 0 Å². The lowest BCUT2D eigenvalue weighted by molar-refractivity contribution is -0.385. The summed E-state index contributed by atoms with van der Waals surface area (Å²) in [6.07, 6.45) is 11.7. The summed E-state index contributed by atoms with van der Waals surface area (Å²) in [7, 11) is -1.45. The lowest BCUT2D eigenvalue weighted by atomic mass is 10.2. The molecule has 0 aliphatic heterocycles. The maximum Gasteiger partial charge on any atom is 0.271 e. The first-order valence-electron chi connectivity index (χ1n) is 25.2. The molecule has 0 saturated carbocycles. The SMILES string of the molecule is C#C.CC.CC.CC.CC.CC.CC.C[Si](C)(C)C#Cc1ccc([N+](=O)[O-])cc1N.Nc1cc([N+](=O)[O-])ccc1Br.Nc1ccc2cc[nH]c2c1.Nc1ccccc1.Nc1ccccc1Br.O=[N+]([O-])c1ccc2cc[nH]c2c1. The van der Waals surface area contributed by atoms with Crippen LogP contribution in [0.5, 0.6) is 0 Å². The Morgan fingerprint density at radius 2 is 0.833 bits per heavy atom. The van der Waals surface area contributed by atoms with Crippen molar-refractivity contribution in [2.24, 2.45) is 0 Å². The third-order valence-corrected chi connectivity index (χ3v) is 10.4. The molecule has 0 fully saturated rings. The molecule has 0 aliphatic carbocycles. The molecular formula is C59H84Br2N10O6Si. The highest BCUT2D eigenvalue weighted by Crippen LogP contribution is 2.24. The molecule has 2 aromatic heterocycles. The second-order valence-corrected chi connectivity index (χ2v) is 20.7. The van der Waals surface area contributed by atoms with E-state index in [1.165, 1.54) is 41.8 Å². The Morgan fingerprint density at radius 3 is 1.22 bits per heavy atom. The molecule has 8 aromatic rings. The predicted molar refractivity (Wildman–Crippen MR) is 348 cm³/mol. The number of aromatic nitrogens is 2. The number of benzene rings is 6. The minimum atomic E-state index is -1.45. The number of nitro groups is 3. The highest BCUT2D eigenvalue weighted by Gasteiger charge is 2.10. The molecule has 424 valence electrons. The molecule has 0 atom stereocenters. The van der Waals surface area contributed by atoms with Gasteiger partial charge in [0, 0.05) is 85.9 Å². The number of hydrogen-bond acceptors (Lipinski definition) is 11. The number of nitrogens with zero attached hydrogens (tertiary/aromatic N) is 3. The zero-order valence-electron chi connectivity index (χ0n) is 48.0. The van der Waals surface area contributed by atoms with E-state index in [1.54, 1.807) is 24.4 Å². The Kier molecular flexibility index (Phi) is 49.0. The fourth-order valence-corrected chi connectivity index (χ4v) is 5.86. The predicted octanol–water partition coefficient (Wildman–Crippen LogP) is 17.9. The van der Waals surface area contributed by atoms with Gasteiger partial charge in [0.25, 0.3) is 17.1 Å². The first-order chi connectivity index (χ1) is 37.2. The van der Waals surface area contributed by atoms with Gasteiger partial charge in [-0.2, -0.15) is 0 Å². The van der Waals surface area contributed by atoms with Gasteiger partial charge in [-0.1, -0.05) is 145 Å². The number of hydrogen-bond donors (Lipinski definition) is 7. The molecule has 16 nitrogen and oxygen atoms in total. The van der Waals surface area contributed by atoms with Crippen molar-refractivity contribution in [3.63, 3.8) is 0 Å². The van der Waals surface area contributed by atoms with E-state index in [4.69, 9.17) is 28.7 Å². The number of nitrogens with two attached hydrogens (primary N) is 5. The average molecular weight is 1220 g/mol. The fraction of sp³-hybridized carbons (Fsp3) is 0.254. The number of rotatable bonds is 3. The van der Waals surface area contributed by atoms with Crippen LogP contribution in [0.2, 0.25) is 19.6 Å². The van der Waals surface area contributed by atoms with E-state index in [2.05, 4.69) is 85.8 Å². The van der Waals surface area contributed by atoms with Gasteiger partial charge in [0.1, 0.15) is 8.07 Å². The van der Waals surface area contributed by atoms with Gasteiger partial charge in [0.05, 0.1) is 31.7 Å². The molecule has 12 N–H and O–H groups in total. The number of nitro benzene ring substituents is 3. The lowest BCUT2D eigenvalue weighted by Gasteiger charge is -2.04. The Balaban J connectivity index is -0.000000264. The fourth-order valence-electron chi connectivity index (χ4n) is 4.82. The zero-order valence-corrected chi connectivity index (χ0v) is 52.2. The highest BCUT2D eigenvalue weighted by atomic mass is 79.9. The Labute approximate surface area is 481 Å². The smallest absolute Gasteiger partial charge is 0.271 e. The molecule has 0 unspecified atom stereocenters. The topological polar surface area (TPSA) is 291 Å². The summed E-state index contributed by atoms with van der Waals surface area (Å²) in [5, 5.41) is 33.2. The van der Waals surface area contributed by atoms with Crippen LogP contribution in [0.15, 0.2) is 161 Å². The quantitative estimate of drug-likeness (QED) is 0.0287. The number of anilines is 5. The molecule has 2 heterocycles. The standard InChI is InChI=1S/C11H14N2O2Si.C8H6N2O2.C8H8N2.C6H5BrN2O2.C6H6BrN.C6H7N.6C2H6.C2H2/c1-16(2,3)7-6-9-4-5-10(13(14)15)8-11(9)12;11-10(12)7-2-1-6-3-4-9-8(6)5-7;9-7-2-1-6-3-4-10-8(6)5-7;7-5-2-1-4(9(10)11)3-6(5)8;7-5-3-1-2-4-6(5)8;7-6-4-2-1-3-5-6;7*1-2/h4-5,8H,12H2,1-3H3;1-5,9H;1-5,10H,9H2;1-3H,8H2;1-4H,8H2;1-5H,7H2;6*1-2H3;1-2H. The van der Waals surface area contributed by atoms with Crippen LogP contribution in [-0.4, -0.2) is 32.8 Å². The number of nitrogen functional groups attached to an aromatic ring is 5. The van der Waals surface area contributed by atoms with Crippen LogP contribution in [0.3, 0.4) is 0 Å². The van der Waals surface area contributed by atoms with Gasteiger partial charge in [-0.25, -0.2) is 0 Å². The summed E-state index contributed by atoms with van der Waals surface area (Å²) in [5.41, 5.74) is 36.5. The van der Waals surface area contributed by atoms with E-state index in [0.29, 0.717) is 21.4 Å². The molecule has 19 heteroatoms. The number of aromatic amines is 2. The number of para-hydroxylation sites is 2. The van der Waals surface area contributed by atoms with E-state index < -0.39 is 22.8 Å². The monoisotopic (exact) mass is 1210 g/mol. The first kappa shape index (κ1) is 78.8. The Morgan fingerprint density at radius 1 is 0.449 bits per heavy atom. The zero-order chi connectivity index (χ0) is 61.4. The molecule has 6 aromatic carbocycles. The number of non-ortho nitro benzene ring substituents is 3. The molecular weight excluding hydrogens is 1130 g/mol. The summed E-state index contributed by atoms with van der Waals surface area (Å²) in [6, 6.07) is 40.2. The summed E-state index contributed by atoms with van der Waals surface area (Å²) in [4.78, 5) is 35.7. The van der Waals surface area contributed by atoms with Crippen molar-refractivity contribution in [3.8, 4) is 24.3 Å². The third kappa shape index (κ3) is 35.2. The number of fused-ring (bicyclic) bond motifs is 2. The normalized spacial score (nSPS) is 8.60. The Bertz CT molecular complexity index is 2910. The van der Waals surface area contributed by atoms with Gasteiger partial charge < -0.3 is 38.6 Å². The van der Waals surface area contributed by atoms with Crippen molar-refractivity contribution in [1.82, 2.24) is 9.97 Å². The van der Waals surface area contributed by atoms with Crippen LogP contribution in [0.25, 0.3) is 21.8 Å². The van der Waals surface area contributed by atoms with Gasteiger partial charge in [-0.15, -0.1) is 18.4 Å². The second kappa shape index (κ2) is 48.5. The molecule has 78 heavy (non-hydrogen) atoms. The third-order valence-electron chi connectivity index (χ3n) is 8.04. The van der Waals surface area contributed by atoms with E-state index in [0.717, 1.165) is 38.0 Å². The van der Waals surface area contributed by atoms with E-state index in [-0.39, 0.29) is 17.1 Å². The number of halogens is 2. The summed E-state index contributed by atoms with van der Waals surface area (Å²) in [5.74, 6) is 2.98. The van der Waals surface area contributed by atoms with E-state index in [9.17, 15) is 30.3 Å². The van der Waals surface area contributed by atoms with Gasteiger partial charge in [0.2, 0.25) is 0 Å². The first-order valence-corrected chi connectivity index (χ1v) is 30.3. The average Bonchev–Trinajstić information content (AvgIpc) is 4.14. The van der Waals surface area contributed by atoms with Crippen LogP contribution in [-0.2, 0) is 0 Å². The minimum Gasteiger partial charge on any atom is -0.399 e. The molecule has 0 radical (unpaired) electrons. The van der Waals surface area contributed by atoms with Gasteiger partial charge >= 0.3 is 0 Å². The van der Waals surface area contributed by atoms with Crippen molar-refractivity contribution < 1.29 is 14.8 Å². The van der Waals surface area contributed by atoms with Crippen molar-refractivity contribution >= 4 is 107 Å². The summed E-state index contributed by atoms with van der Waals surface area (Å²) in [6.45, 7) is 30.4. The van der Waals surface area contributed by atoms with Crippen molar-refractivity contribution in [2.75, 3.05) is 28.7 Å². The molecule has 0 aliphatic rings. The molecule has 0 saturated heterocycles. The van der Waals surface area contributed by atoms with Crippen LogP contribution >= 0.6 is 31.9 Å². The Hall–Kier alpha value is -8.10. The van der Waals surface area contributed by atoms with Gasteiger partial charge in [0.15, 0.2) is 0 Å². The number of terminal acetylenes is 1. The molecule has 0 amide bonds. The largest absolute Gasteiger partial charge is 0.399 e. The number of H-pyrrole nitrogens is 2. The lowest BCUT2D eigenvalue weighted by Crippen LogP contribution is -2.16. The number of nitrogens with one attached hydrogen (secondary N) is 2. The highest BCUT2D eigenvalue weighted by molar-refractivity contribution is 9.11. The maximum absolute atomic E-state index is 10.5. The van der Waals surface area contributed by atoms with Crippen molar-refractivity contribution in [1.29, 1.82) is 0 Å². The van der Waals surface area contributed by atoms with Crippen LogP contribution in [0, 0.1) is 54.7 Å². The molecule has 0 spiro atoms. The van der Waals surface area contributed by atoms with Crippen molar-refractivity contribution in [3.05, 3.63) is 197 Å². The maximum atomic E-state index is 10.5. The van der Waals surface area contributed by atoms with Crippen LogP contribution in [0.4, 0.5) is 45.5 Å². The summed E-state index contributed by atoms with van der Waals surface area (Å²) >= 11 is 6.40. The van der Waals surface area contributed by atoms with Gasteiger partial charge in [-0.3, -0.25) is 30.3 Å². The van der Waals surface area contributed by atoms with Crippen LogP contribution in [0.1, 0.15) is 88.6 Å².